The van der Waals surface area contributed by atoms with Crippen molar-refractivity contribution in [2.75, 3.05) is 13.2 Å². The number of nitrogens with zero attached hydrogens (tertiary/aromatic N) is 1. The number of nitro groups is 1. The fourth-order valence-corrected chi connectivity index (χ4v) is 1.83. The van der Waals surface area contributed by atoms with Crippen LogP contribution in [0.25, 0.3) is 0 Å². The molecule has 0 aromatic heterocycles. The van der Waals surface area contributed by atoms with Crippen molar-refractivity contribution in [3.05, 3.63) is 33.9 Å². The average molecular weight is 251 g/mol. The van der Waals surface area contributed by atoms with Gasteiger partial charge >= 0.3 is 5.69 Å². The first kappa shape index (κ1) is 12.5. The van der Waals surface area contributed by atoms with E-state index < -0.39 is 4.92 Å². The van der Waals surface area contributed by atoms with Crippen LogP contribution in [0.4, 0.5) is 5.69 Å². The minimum atomic E-state index is -0.528. The van der Waals surface area contributed by atoms with Gasteiger partial charge < -0.3 is 9.47 Å². The van der Waals surface area contributed by atoms with Crippen molar-refractivity contribution >= 4 is 12.0 Å². The molecule has 2 rings (SSSR count). The third kappa shape index (κ3) is 2.84. The lowest BCUT2D eigenvalue weighted by Gasteiger charge is -2.11. The molecular weight excluding hydrogens is 238 g/mol. The summed E-state index contributed by atoms with van der Waals surface area (Å²) in [6.45, 7) is 0.966. The predicted molar refractivity (Wildman–Crippen MR) is 63.0 cm³/mol. The van der Waals surface area contributed by atoms with Crippen molar-refractivity contribution in [2.45, 2.75) is 18.9 Å². The Balaban J connectivity index is 2.12. The lowest BCUT2D eigenvalue weighted by molar-refractivity contribution is -0.385. The van der Waals surface area contributed by atoms with Gasteiger partial charge in [0.15, 0.2) is 5.75 Å². The van der Waals surface area contributed by atoms with Crippen LogP contribution < -0.4 is 4.74 Å². The Hall–Kier alpha value is -1.95. The number of carbonyl (C=O) groups excluding carboxylic acids is 1. The van der Waals surface area contributed by atoms with E-state index in [0.29, 0.717) is 18.5 Å². The van der Waals surface area contributed by atoms with Gasteiger partial charge in [0, 0.05) is 18.2 Å². The fraction of sp³-hybridized carbons (Fsp3) is 0.417. The van der Waals surface area contributed by atoms with E-state index in [-0.39, 0.29) is 24.1 Å². The van der Waals surface area contributed by atoms with Gasteiger partial charge in [0.25, 0.3) is 0 Å². The number of hydrogen-bond donors (Lipinski definition) is 0. The molecule has 0 radical (unpaired) electrons. The van der Waals surface area contributed by atoms with Gasteiger partial charge in [-0.25, -0.2) is 0 Å². The molecule has 0 spiro atoms. The summed E-state index contributed by atoms with van der Waals surface area (Å²) < 4.78 is 10.8. The molecule has 1 fully saturated rings. The van der Waals surface area contributed by atoms with Gasteiger partial charge in [-0.15, -0.1) is 0 Å². The molecule has 0 amide bonds. The molecule has 0 saturated carbocycles. The van der Waals surface area contributed by atoms with Crippen molar-refractivity contribution in [3.63, 3.8) is 0 Å². The van der Waals surface area contributed by atoms with E-state index >= 15 is 0 Å². The molecule has 1 aromatic rings. The molecular formula is C12H13NO5. The first-order valence-corrected chi connectivity index (χ1v) is 5.68. The standard InChI is InChI=1S/C12H13NO5/c14-7-9-3-4-11(13(15)16)12(6-9)18-8-10-2-1-5-17-10/h3-4,6-7,10H,1-2,5,8H2. The molecule has 6 nitrogen and oxygen atoms in total. The van der Waals surface area contributed by atoms with Crippen LogP contribution >= 0.6 is 0 Å². The highest BCUT2D eigenvalue weighted by Gasteiger charge is 2.20. The molecule has 1 heterocycles. The number of carbonyl (C=O) groups is 1. The Morgan fingerprint density at radius 1 is 1.56 bits per heavy atom. The molecule has 0 aliphatic carbocycles. The van der Waals surface area contributed by atoms with Crippen molar-refractivity contribution in [3.8, 4) is 5.75 Å². The average Bonchev–Trinajstić information content (AvgIpc) is 2.88. The summed E-state index contributed by atoms with van der Waals surface area (Å²) >= 11 is 0. The van der Waals surface area contributed by atoms with E-state index in [0.717, 1.165) is 12.8 Å². The van der Waals surface area contributed by atoms with Crippen molar-refractivity contribution in [1.29, 1.82) is 0 Å². The highest BCUT2D eigenvalue weighted by molar-refractivity contribution is 5.76. The molecule has 18 heavy (non-hydrogen) atoms. The van der Waals surface area contributed by atoms with Crippen LogP contribution in [0.2, 0.25) is 0 Å². The van der Waals surface area contributed by atoms with Gasteiger partial charge in [0.1, 0.15) is 12.9 Å². The predicted octanol–water partition coefficient (Wildman–Crippen LogP) is 1.97. The van der Waals surface area contributed by atoms with Gasteiger partial charge in [-0.3, -0.25) is 14.9 Å². The minimum absolute atomic E-state index is 0.0236. The number of aldehydes is 1. The maximum absolute atomic E-state index is 10.8. The molecule has 1 aliphatic rings. The SMILES string of the molecule is O=Cc1ccc([N+](=O)[O-])c(OCC2CCCO2)c1. The van der Waals surface area contributed by atoms with Gasteiger partial charge in [0.05, 0.1) is 11.0 Å². The Morgan fingerprint density at radius 2 is 2.39 bits per heavy atom. The summed E-state index contributed by atoms with van der Waals surface area (Å²) in [5, 5.41) is 10.8. The van der Waals surface area contributed by atoms with Crippen molar-refractivity contribution in [2.24, 2.45) is 0 Å². The molecule has 1 aromatic carbocycles. The van der Waals surface area contributed by atoms with Crippen molar-refractivity contribution in [1.82, 2.24) is 0 Å². The summed E-state index contributed by atoms with van der Waals surface area (Å²) in [5.74, 6) is 0.111. The van der Waals surface area contributed by atoms with Gasteiger partial charge in [-0.2, -0.15) is 0 Å². The molecule has 1 unspecified atom stereocenters. The Kier molecular flexibility index (Phi) is 3.88. The second kappa shape index (κ2) is 5.59. The maximum Gasteiger partial charge on any atom is 0.310 e. The molecule has 1 atom stereocenters. The third-order valence-corrected chi connectivity index (χ3v) is 2.77. The smallest absolute Gasteiger partial charge is 0.310 e. The highest BCUT2D eigenvalue weighted by Crippen LogP contribution is 2.28. The van der Waals surface area contributed by atoms with Crippen LogP contribution in [0.15, 0.2) is 18.2 Å². The number of ether oxygens (including phenoxy) is 2. The Morgan fingerprint density at radius 3 is 3.00 bits per heavy atom. The Labute approximate surface area is 104 Å². The van der Waals surface area contributed by atoms with Crippen LogP contribution in [0.5, 0.6) is 5.75 Å². The summed E-state index contributed by atoms with van der Waals surface area (Å²) in [6, 6.07) is 4.04. The van der Waals surface area contributed by atoms with Crippen LogP contribution in [0.3, 0.4) is 0 Å². The monoisotopic (exact) mass is 251 g/mol. The third-order valence-electron chi connectivity index (χ3n) is 2.77. The van der Waals surface area contributed by atoms with Crippen LogP contribution in [0, 0.1) is 10.1 Å². The van der Waals surface area contributed by atoms with Crippen LogP contribution in [0.1, 0.15) is 23.2 Å². The lowest BCUT2D eigenvalue weighted by Crippen LogP contribution is -2.16. The number of hydrogen-bond acceptors (Lipinski definition) is 5. The van der Waals surface area contributed by atoms with Crippen molar-refractivity contribution < 1.29 is 19.2 Å². The summed E-state index contributed by atoms with van der Waals surface area (Å²) in [5.41, 5.74) is 0.210. The molecule has 1 saturated heterocycles. The summed E-state index contributed by atoms with van der Waals surface area (Å²) in [7, 11) is 0. The first-order valence-electron chi connectivity index (χ1n) is 5.68. The molecule has 0 bridgehead atoms. The minimum Gasteiger partial charge on any atom is -0.484 e. The van der Waals surface area contributed by atoms with Crippen LogP contribution in [-0.2, 0) is 4.74 Å². The van der Waals surface area contributed by atoms with Gasteiger partial charge in [0.2, 0.25) is 0 Å². The summed E-state index contributed by atoms with van der Waals surface area (Å²) in [6.07, 6.45) is 2.47. The van der Waals surface area contributed by atoms with E-state index in [4.69, 9.17) is 9.47 Å². The Bertz CT molecular complexity index is 454. The van der Waals surface area contributed by atoms with E-state index in [2.05, 4.69) is 0 Å². The van der Waals surface area contributed by atoms with E-state index in [1.54, 1.807) is 0 Å². The van der Waals surface area contributed by atoms with Crippen LogP contribution in [-0.4, -0.2) is 30.5 Å². The van der Waals surface area contributed by atoms with E-state index in [1.807, 2.05) is 0 Å². The first-order chi connectivity index (χ1) is 8.70. The van der Waals surface area contributed by atoms with Gasteiger partial charge in [-0.05, 0) is 25.0 Å². The van der Waals surface area contributed by atoms with Gasteiger partial charge in [-0.1, -0.05) is 0 Å². The number of benzene rings is 1. The zero-order valence-corrected chi connectivity index (χ0v) is 9.70. The maximum atomic E-state index is 10.8. The molecule has 96 valence electrons. The molecule has 6 heteroatoms. The zero-order valence-electron chi connectivity index (χ0n) is 9.70. The topological polar surface area (TPSA) is 78.7 Å². The highest BCUT2D eigenvalue weighted by atomic mass is 16.6. The number of rotatable bonds is 5. The van der Waals surface area contributed by atoms with E-state index in [9.17, 15) is 14.9 Å². The normalized spacial score (nSPS) is 18.6. The fourth-order valence-electron chi connectivity index (χ4n) is 1.83. The molecule has 0 N–H and O–H groups in total. The van der Waals surface area contributed by atoms with E-state index in [1.165, 1.54) is 18.2 Å². The molecule has 1 aliphatic heterocycles. The second-order valence-electron chi connectivity index (χ2n) is 4.05. The zero-order chi connectivity index (χ0) is 13.0. The largest absolute Gasteiger partial charge is 0.484 e. The quantitative estimate of drug-likeness (QED) is 0.454. The summed E-state index contributed by atoms with van der Waals surface area (Å²) in [4.78, 5) is 20.9. The second-order valence-corrected chi connectivity index (χ2v) is 4.05. The lowest BCUT2D eigenvalue weighted by atomic mass is 10.2. The number of nitro benzene ring substituents is 1.